The maximum Gasteiger partial charge on any atom is 0.419 e. The Bertz CT molecular complexity index is 1380. The Hall–Kier alpha value is -3.60. The highest BCUT2D eigenvalue weighted by molar-refractivity contribution is 6.36. The minimum absolute atomic E-state index is 0.123. The molecule has 0 fully saturated rings. The van der Waals surface area contributed by atoms with Crippen molar-refractivity contribution in [2.75, 3.05) is 6.61 Å². The minimum Gasteiger partial charge on any atom is -0.483 e. The molecule has 0 unspecified atom stereocenters. The zero-order chi connectivity index (χ0) is 25.3. The van der Waals surface area contributed by atoms with Crippen LogP contribution in [0, 0.1) is 0 Å². The van der Waals surface area contributed by atoms with Gasteiger partial charge in [0.2, 0.25) is 0 Å². The van der Waals surface area contributed by atoms with Crippen molar-refractivity contribution in [3.63, 3.8) is 0 Å². The smallest absolute Gasteiger partial charge is 0.419 e. The van der Waals surface area contributed by atoms with E-state index >= 15 is 0 Å². The van der Waals surface area contributed by atoms with E-state index in [2.05, 4.69) is 25.6 Å². The third kappa shape index (κ3) is 5.40. The maximum absolute atomic E-state index is 13.7. The van der Waals surface area contributed by atoms with Crippen LogP contribution in [0.2, 0.25) is 5.02 Å². The number of benzene rings is 2. The molecule has 8 nitrogen and oxygen atoms in total. The Morgan fingerprint density at radius 1 is 1.26 bits per heavy atom. The predicted octanol–water partition coefficient (Wildman–Crippen LogP) is 4.52. The third-order valence-electron chi connectivity index (χ3n) is 5.19. The monoisotopic (exact) mass is 506 g/mol. The molecule has 35 heavy (non-hydrogen) atoms. The lowest BCUT2D eigenvalue weighted by Crippen LogP contribution is -2.34. The van der Waals surface area contributed by atoms with Crippen LogP contribution in [0.5, 0.6) is 5.75 Å². The van der Waals surface area contributed by atoms with Crippen LogP contribution in [0.1, 0.15) is 30.8 Å². The fourth-order valence-electron chi connectivity index (χ4n) is 3.55. The number of fused-ring (bicyclic) bond motifs is 1. The van der Waals surface area contributed by atoms with Crippen LogP contribution >= 0.6 is 11.6 Å². The minimum atomic E-state index is -4.70. The summed E-state index contributed by atoms with van der Waals surface area (Å²) in [7, 11) is 1.66. The summed E-state index contributed by atoms with van der Waals surface area (Å²) in [5, 5.41) is 15.0. The average Bonchev–Trinajstić information content (AvgIpc) is 3.40. The van der Waals surface area contributed by atoms with Crippen molar-refractivity contribution in [3.05, 3.63) is 58.5 Å². The van der Waals surface area contributed by atoms with Crippen LogP contribution in [-0.4, -0.2) is 43.5 Å². The Balaban J connectivity index is 1.60. The van der Waals surface area contributed by atoms with Crippen LogP contribution in [0.3, 0.4) is 0 Å². The summed E-state index contributed by atoms with van der Waals surface area (Å²) >= 11 is 6.49. The summed E-state index contributed by atoms with van der Waals surface area (Å²) in [6, 6.07) is 7.03. The Kier molecular flexibility index (Phi) is 6.70. The van der Waals surface area contributed by atoms with E-state index < -0.39 is 30.0 Å². The van der Waals surface area contributed by atoms with Crippen LogP contribution in [0.4, 0.5) is 13.2 Å². The molecule has 0 spiro atoms. The molecule has 1 amide bonds. The van der Waals surface area contributed by atoms with Gasteiger partial charge < -0.3 is 10.1 Å². The number of aromatic nitrogens is 5. The molecule has 0 saturated carbocycles. The Labute approximate surface area is 203 Å². The zero-order valence-corrected chi connectivity index (χ0v) is 19.8. The summed E-state index contributed by atoms with van der Waals surface area (Å²) in [5.74, 6) is -0.321. The highest BCUT2D eigenvalue weighted by atomic mass is 35.5. The molecule has 184 valence electrons. The van der Waals surface area contributed by atoms with Gasteiger partial charge in [0, 0.05) is 30.5 Å². The first kappa shape index (κ1) is 24.5. The molecule has 0 aliphatic heterocycles. The molecule has 2 aromatic carbocycles. The molecular weight excluding hydrogens is 485 g/mol. The van der Waals surface area contributed by atoms with Gasteiger partial charge in [-0.05, 0) is 43.7 Å². The molecular formula is C23H22ClF3N6O2. The van der Waals surface area contributed by atoms with Gasteiger partial charge in [-0.25, -0.2) is 4.98 Å². The molecule has 0 aliphatic carbocycles. The molecule has 2 aromatic heterocycles. The van der Waals surface area contributed by atoms with Gasteiger partial charge in [0.1, 0.15) is 11.6 Å². The lowest BCUT2D eigenvalue weighted by atomic mass is 10.1. The van der Waals surface area contributed by atoms with E-state index in [1.165, 1.54) is 16.8 Å². The van der Waals surface area contributed by atoms with Crippen molar-refractivity contribution in [1.29, 1.82) is 0 Å². The summed E-state index contributed by atoms with van der Waals surface area (Å²) in [6.07, 6.45) is -2.76. The quantitative estimate of drug-likeness (QED) is 0.384. The normalized spacial score (nSPS) is 11.9. The van der Waals surface area contributed by atoms with Crippen molar-refractivity contribution < 1.29 is 22.7 Å². The number of amides is 1. The number of aryl methyl sites for hydroxylation is 1. The molecule has 0 radical (unpaired) electrons. The van der Waals surface area contributed by atoms with Crippen molar-refractivity contribution in [2.45, 2.75) is 32.5 Å². The van der Waals surface area contributed by atoms with Gasteiger partial charge in [-0.1, -0.05) is 17.7 Å². The molecule has 0 bridgehead atoms. The van der Waals surface area contributed by atoms with Crippen molar-refractivity contribution in [1.82, 2.24) is 30.3 Å². The number of nitrogens with one attached hydrogen (secondary N) is 2. The first-order valence-electron chi connectivity index (χ1n) is 10.7. The first-order chi connectivity index (χ1) is 16.5. The van der Waals surface area contributed by atoms with Gasteiger partial charge in [-0.15, -0.1) is 0 Å². The van der Waals surface area contributed by atoms with Gasteiger partial charge in [0.25, 0.3) is 5.91 Å². The van der Waals surface area contributed by atoms with Gasteiger partial charge in [-0.2, -0.15) is 23.4 Å². The molecule has 0 aliphatic rings. The Morgan fingerprint density at radius 2 is 2.03 bits per heavy atom. The van der Waals surface area contributed by atoms with Crippen molar-refractivity contribution >= 4 is 28.4 Å². The van der Waals surface area contributed by atoms with E-state index in [9.17, 15) is 18.0 Å². The number of aromatic amines is 1. The number of nitrogens with zero attached hydrogens (tertiary/aromatic N) is 4. The number of H-pyrrole nitrogens is 1. The lowest BCUT2D eigenvalue weighted by Gasteiger charge is -2.15. The molecule has 0 atom stereocenters. The average molecular weight is 507 g/mol. The first-order valence-corrected chi connectivity index (χ1v) is 11.0. The van der Waals surface area contributed by atoms with Crippen molar-refractivity contribution in [3.8, 4) is 17.1 Å². The maximum atomic E-state index is 13.7. The number of carbonyl (C=O) groups is 1. The summed E-state index contributed by atoms with van der Waals surface area (Å²) in [4.78, 5) is 16.2. The van der Waals surface area contributed by atoms with Crippen LogP contribution < -0.4 is 10.1 Å². The van der Waals surface area contributed by atoms with Crippen LogP contribution in [0.25, 0.3) is 22.3 Å². The Morgan fingerprint density at radius 3 is 2.74 bits per heavy atom. The van der Waals surface area contributed by atoms with Gasteiger partial charge in [0.05, 0.1) is 22.3 Å². The topological polar surface area (TPSA) is 97.7 Å². The van der Waals surface area contributed by atoms with E-state index in [-0.39, 0.29) is 17.4 Å². The fraction of sp³-hybridized carbons (Fsp3) is 0.304. The van der Waals surface area contributed by atoms with Crippen LogP contribution in [0.15, 0.2) is 36.5 Å². The van der Waals surface area contributed by atoms with Gasteiger partial charge in [-0.3, -0.25) is 14.6 Å². The standard InChI is InChI=1S/C23H22ClF3N6O2/c1-12(2)29-20(34)11-35-18-7-5-14(8-16(18)23(25,26)27)22-30-19(33(3)32-22)9-13-4-6-17-15(21(13)24)10-28-31-17/h4-8,10,12H,9,11H2,1-3H3,(H,28,31)(H,29,34). The molecule has 4 aromatic rings. The highest BCUT2D eigenvalue weighted by Gasteiger charge is 2.35. The number of alkyl halides is 3. The number of rotatable bonds is 7. The van der Waals surface area contributed by atoms with Crippen molar-refractivity contribution in [2.24, 2.45) is 7.05 Å². The molecule has 4 rings (SSSR count). The SMILES string of the molecule is CC(C)NC(=O)COc1ccc(-c2nc(Cc3ccc4[nH]ncc4c3Cl)n(C)n2)cc1C(F)(F)F. The molecule has 2 N–H and O–H groups in total. The number of carbonyl (C=O) groups excluding carboxylic acids is 1. The third-order valence-corrected chi connectivity index (χ3v) is 5.64. The van der Waals surface area contributed by atoms with Crippen LogP contribution in [-0.2, 0) is 24.4 Å². The molecule has 0 saturated heterocycles. The molecule has 12 heteroatoms. The number of hydrogen-bond acceptors (Lipinski definition) is 5. The van der Waals surface area contributed by atoms with E-state index in [1.807, 2.05) is 12.1 Å². The van der Waals surface area contributed by atoms with E-state index in [4.69, 9.17) is 16.3 Å². The van der Waals surface area contributed by atoms with E-state index in [0.29, 0.717) is 17.3 Å². The second kappa shape index (κ2) is 9.57. The largest absolute Gasteiger partial charge is 0.483 e. The number of hydrogen-bond donors (Lipinski definition) is 2. The molecule has 2 heterocycles. The number of halogens is 4. The second-order valence-electron chi connectivity index (χ2n) is 8.24. The summed E-state index contributed by atoms with van der Waals surface area (Å²) < 4.78 is 47.9. The predicted molar refractivity (Wildman–Crippen MR) is 124 cm³/mol. The fourth-order valence-corrected chi connectivity index (χ4v) is 3.83. The number of ether oxygens (including phenoxy) is 1. The summed E-state index contributed by atoms with van der Waals surface area (Å²) in [6.45, 7) is 2.95. The lowest BCUT2D eigenvalue weighted by molar-refractivity contribution is -0.139. The highest BCUT2D eigenvalue weighted by Crippen LogP contribution is 2.38. The zero-order valence-electron chi connectivity index (χ0n) is 19.1. The summed E-state index contributed by atoms with van der Waals surface area (Å²) in [5.41, 5.74) is 0.715. The van der Waals surface area contributed by atoms with Gasteiger partial charge in [0.15, 0.2) is 12.4 Å². The second-order valence-corrected chi connectivity index (χ2v) is 8.62. The van der Waals surface area contributed by atoms with E-state index in [1.54, 1.807) is 27.1 Å². The van der Waals surface area contributed by atoms with E-state index in [0.717, 1.165) is 22.5 Å². The van der Waals surface area contributed by atoms with Gasteiger partial charge >= 0.3 is 6.18 Å².